The van der Waals surface area contributed by atoms with E-state index in [1.165, 1.54) is 41.2 Å². The molecule has 5 saturated carbocycles. The van der Waals surface area contributed by atoms with Gasteiger partial charge in [-0.05, 0) is 156 Å². The Morgan fingerprint density at radius 2 is 1.31 bits per heavy atom. The highest BCUT2D eigenvalue weighted by Gasteiger charge is 2.77. The van der Waals surface area contributed by atoms with Gasteiger partial charge in [0.25, 0.3) is 0 Å². The number of ether oxygens (including phenoxy) is 4. The van der Waals surface area contributed by atoms with Crippen LogP contribution < -0.4 is 0 Å². The van der Waals surface area contributed by atoms with Gasteiger partial charge in [0.2, 0.25) is 0 Å². The van der Waals surface area contributed by atoms with Crippen LogP contribution in [0.3, 0.4) is 0 Å². The van der Waals surface area contributed by atoms with Crippen LogP contribution in [0.25, 0.3) is 0 Å². The third-order valence-corrected chi connectivity index (χ3v) is 23.7. The van der Waals surface area contributed by atoms with E-state index < -0.39 is 40.4 Å². The van der Waals surface area contributed by atoms with Crippen molar-refractivity contribution < 1.29 is 39.4 Å². The minimum Gasteiger partial charge on any atom is -0.393 e. The van der Waals surface area contributed by atoms with Crippen LogP contribution in [0.15, 0.2) is 11.6 Å². The van der Waals surface area contributed by atoms with E-state index in [1.807, 2.05) is 6.92 Å². The van der Waals surface area contributed by atoms with E-state index in [-0.39, 0.29) is 64.3 Å². The van der Waals surface area contributed by atoms with Gasteiger partial charge in [-0.2, -0.15) is 0 Å². The van der Waals surface area contributed by atoms with Gasteiger partial charge in [-0.15, -0.1) is 0 Å². The summed E-state index contributed by atoms with van der Waals surface area (Å²) in [5.41, 5.74) is 2.69. The SMILES string of the molecule is C[C@H]1C2C(C[C@H]3C4CCC5Cc6nc7c(nc6C[C@]5(C)C4C[C@@H](O)[C@]23C)CC2CCC3C4=CC5O[C@]6(CC[C@](C)(O)CO6)[C@@H](C)C5(O)[C@@]4(C)[C@H](O)CC3[C@@]2(C)C7)OC12CCC(C)(C)O2. The number of aromatic nitrogens is 2. The molecular weight excluding hydrogens is 805 g/mol. The van der Waals surface area contributed by atoms with Gasteiger partial charge in [-0.1, -0.05) is 53.2 Å². The van der Waals surface area contributed by atoms with Gasteiger partial charge in [-0.25, -0.2) is 0 Å². The molecule has 11 unspecified atom stereocenters. The van der Waals surface area contributed by atoms with Gasteiger partial charge in [0.15, 0.2) is 11.6 Å². The molecular formula is C54H78N2O8. The van der Waals surface area contributed by atoms with Crippen molar-refractivity contribution in [2.45, 2.75) is 211 Å². The zero-order valence-corrected chi connectivity index (χ0v) is 40.3. The van der Waals surface area contributed by atoms with E-state index in [1.54, 1.807) is 6.92 Å². The molecule has 4 saturated heterocycles. The van der Waals surface area contributed by atoms with E-state index in [2.05, 4.69) is 54.5 Å². The molecule has 10 heteroatoms. The third kappa shape index (κ3) is 5.02. The average Bonchev–Trinajstić information content (AvgIpc) is 3.93. The first-order valence-corrected chi connectivity index (χ1v) is 26.1. The smallest absolute Gasteiger partial charge is 0.174 e. The Kier molecular flexibility index (Phi) is 8.53. The molecule has 5 heterocycles. The summed E-state index contributed by atoms with van der Waals surface area (Å²) in [6.07, 6.45) is 14.7. The number of aliphatic hydroxyl groups is 4. The molecule has 0 radical (unpaired) electrons. The van der Waals surface area contributed by atoms with Crippen LogP contribution in [0.1, 0.15) is 156 Å². The Hall–Kier alpha value is -1.50. The maximum atomic E-state index is 12.9. The van der Waals surface area contributed by atoms with E-state index in [0.29, 0.717) is 54.8 Å². The van der Waals surface area contributed by atoms with Gasteiger partial charge < -0.3 is 39.4 Å². The molecule has 0 bridgehead atoms. The molecule has 64 heavy (non-hydrogen) atoms. The van der Waals surface area contributed by atoms with Gasteiger partial charge >= 0.3 is 0 Å². The van der Waals surface area contributed by atoms with Crippen LogP contribution in [0.5, 0.6) is 0 Å². The highest BCUT2D eigenvalue weighted by atomic mass is 16.7. The van der Waals surface area contributed by atoms with Crippen molar-refractivity contribution in [1.29, 1.82) is 0 Å². The van der Waals surface area contributed by atoms with Gasteiger partial charge in [0, 0.05) is 41.4 Å². The number of hydrogen-bond acceptors (Lipinski definition) is 10. The number of fused-ring (bicyclic) bond motifs is 16. The normalized spacial score (nSPS) is 59.4. The Labute approximate surface area is 381 Å². The summed E-state index contributed by atoms with van der Waals surface area (Å²) in [6.45, 7) is 20.4. The summed E-state index contributed by atoms with van der Waals surface area (Å²) in [5, 5.41) is 48.5. The summed E-state index contributed by atoms with van der Waals surface area (Å²) in [6, 6.07) is 0. The van der Waals surface area contributed by atoms with Crippen LogP contribution >= 0.6 is 0 Å². The molecule has 1 aromatic rings. The van der Waals surface area contributed by atoms with Gasteiger partial charge in [-0.3, -0.25) is 9.97 Å². The molecule has 8 aliphatic carbocycles. The van der Waals surface area contributed by atoms with Crippen LogP contribution in [0.2, 0.25) is 0 Å². The molecule has 0 aromatic carbocycles. The van der Waals surface area contributed by atoms with Crippen molar-refractivity contribution in [3.8, 4) is 0 Å². The lowest BCUT2D eigenvalue weighted by molar-refractivity contribution is -0.289. The molecule has 12 aliphatic rings. The molecule has 10 nitrogen and oxygen atoms in total. The Balaban J connectivity index is 0.757. The summed E-state index contributed by atoms with van der Waals surface area (Å²) in [5.74, 6) is 1.80. The van der Waals surface area contributed by atoms with Crippen molar-refractivity contribution in [1.82, 2.24) is 9.97 Å². The summed E-state index contributed by atoms with van der Waals surface area (Å²) < 4.78 is 26.9. The second-order valence-corrected chi connectivity index (χ2v) is 26.7. The molecule has 13 rings (SSSR count). The minimum absolute atomic E-state index is 0.0410. The van der Waals surface area contributed by atoms with Crippen molar-refractivity contribution in [2.75, 3.05) is 6.61 Å². The number of rotatable bonds is 0. The maximum Gasteiger partial charge on any atom is 0.174 e. The first-order chi connectivity index (χ1) is 30.0. The maximum absolute atomic E-state index is 12.9. The molecule has 9 fully saturated rings. The quantitative estimate of drug-likeness (QED) is 0.194. The lowest BCUT2D eigenvalue weighted by atomic mass is 9.43. The fourth-order valence-electron chi connectivity index (χ4n) is 19.9. The number of hydrogen-bond donors (Lipinski definition) is 4. The highest BCUT2D eigenvalue weighted by Crippen LogP contribution is 2.73. The average molecular weight is 883 g/mol. The fourth-order valence-corrected chi connectivity index (χ4v) is 19.9. The van der Waals surface area contributed by atoms with Crippen LogP contribution in [0, 0.1) is 80.8 Å². The first kappa shape index (κ1) is 42.6. The standard InChI is InChI=1S/C54H78N2O8/c1-27-45-41(62-52(27)16-14-46(3,4)64-52)20-35-31-12-10-29-18-37-39(24-48(29,6)33(31)21-42(57)50(35,45)8)55-38-19-30-11-13-32-34(49(30,7)25-40(38)56-37)22-43(58)51(9)36(32)23-44-54(51,60)28(2)53(63-44)17-15-47(5,59)26-61-53/h23,27-35,41-45,57-60H,10-22,24-26H2,1-9H3/t27-,28+,29?,30?,31?,32?,33?,34?,35-,41?,42+,43+,44?,45?,47-,48-,49-,50+,51+,52?,53+,54?/m0/s1. The lowest BCUT2D eigenvalue weighted by Gasteiger charge is -2.62. The predicted octanol–water partition coefficient (Wildman–Crippen LogP) is 7.43. The minimum atomic E-state index is -1.30. The zero-order chi connectivity index (χ0) is 44.7. The topological polar surface area (TPSA) is 144 Å². The largest absolute Gasteiger partial charge is 0.393 e. The number of nitrogens with zero attached hydrogens (tertiary/aromatic N) is 2. The van der Waals surface area contributed by atoms with E-state index in [9.17, 15) is 20.4 Å². The lowest BCUT2D eigenvalue weighted by Crippen LogP contribution is -2.64. The van der Waals surface area contributed by atoms with Crippen molar-refractivity contribution >= 4 is 0 Å². The van der Waals surface area contributed by atoms with E-state index >= 15 is 0 Å². The monoisotopic (exact) mass is 883 g/mol. The molecule has 352 valence electrons. The Morgan fingerprint density at radius 3 is 1.95 bits per heavy atom. The Morgan fingerprint density at radius 1 is 0.672 bits per heavy atom. The summed E-state index contributed by atoms with van der Waals surface area (Å²) in [4.78, 5) is 11.3. The highest BCUT2D eigenvalue weighted by molar-refractivity contribution is 5.43. The summed E-state index contributed by atoms with van der Waals surface area (Å²) >= 11 is 0. The Bertz CT molecular complexity index is 2200. The molecule has 0 amide bonds. The zero-order valence-electron chi connectivity index (χ0n) is 40.3. The van der Waals surface area contributed by atoms with Gasteiger partial charge in [0.1, 0.15) is 11.7 Å². The first-order valence-electron chi connectivity index (χ1n) is 26.1. The van der Waals surface area contributed by atoms with E-state index in [0.717, 1.165) is 64.2 Å². The molecule has 4 aliphatic heterocycles. The van der Waals surface area contributed by atoms with Crippen LogP contribution in [-0.2, 0) is 44.6 Å². The second kappa shape index (κ2) is 12.8. The number of aliphatic hydroxyl groups excluding tert-OH is 2. The fraction of sp³-hybridized carbons (Fsp3) is 0.889. The van der Waals surface area contributed by atoms with Crippen molar-refractivity contribution in [3.05, 3.63) is 34.4 Å². The van der Waals surface area contributed by atoms with E-state index in [4.69, 9.17) is 28.9 Å². The van der Waals surface area contributed by atoms with Crippen molar-refractivity contribution in [2.24, 2.45) is 80.8 Å². The molecule has 22 atom stereocenters. The van der Waals surface area contributed by atoms with Gasteiger partial charge in [0.05, 0.1) is 58.9 Å². The third-order valence-electron chi connectivity index (χ3n) is 23.7. The summed E-state index contributed by atoms with van der Waals surface area (Å²) in [7, 11) is 0. The molecule has 1 aromatic heterocycles. The second-order valence-electron chi connectivity index (χ2n) is 26.7. The van der Waals surface area contributed by atoms with Crippen LogP contribution in [-0.4, -0.2) is 89.8 Å². The predicted molar refractivity (Wildman–Crippen MR) is 238 cm³/mol. The molecule has 2 spiro atoms. The molecule has 4 N–H and O–H groups in total. The van der Waals surface area contributed by atoms with Crippen molar-refractivity contribution in [3.63, 3.8) is 0 Å². The van der Waals surface area contributed by atoms with Crippen LogP contribution in [0.4, 0.5) is 0 Å².